The van der Waals surface area contributed by atoms with E-state index in [4.69, 9.17) is 16.4 Å². The number of para-hydroxylation sites is 1. The highest BCUT2D eigenvalue weighted by molar-refractivity contribution is 7.22. The minimum atomic E-state index is -0.553. The lowest BCUT2D eigenvalue weighted by atomic mass is 10.2. The largest absolute Gasteiger partial charge is 0.406 e. The molecular formula is C20H14ClN3O3S. The lowest BCUT2D eigenvalue weighted by molar-refractivity contribution is 0.0863. The van der Waals surface area contributed by atoms with Crippen LogP contribution < -0.4 is 15.7 Å². The van der Waals surface area contributed by atoms with Crippen molar-refractivity contribution in [1.82, 2.24) is 9.71 Å². The van der Waals surface area contributed by atoms with Gasteiger partial charge in [0.2, 0.25) is 0 Å². The number of carbonyl (C=O) groups excluding carboxylic acids is 1. The van der Waals surface area contributed by atoms with Crippen LogP contribution in [0.1, 0.15) is 15.9 Å². The second kappa shape index (κ2) is 7.84. The van der Waals surface area contributed by atoms with E-state index in [9.17, 15) is 9.59 Å². The van der Waals surface area contributed by atoms with Crippen LogP contribution in [0.15, 0.2) is 71.7 Å². The van der Waals surface area contributed by atoms with Gasteiger partial charge in [-0.3, -0.25) is 14.9 Å². The van der Waals surface area contributed by atoms with E-state index in [-0.39, 0.29) is 12.2 Å². The van der Waals surface area contributed by atoms with Crippen LogP contribution in [-0.2, 0) is 6.61 Å². The Balaban J connectivity index is 1.52. The predicted molar refractivity (Wildman–Crippen MR) is 110 cm³/mol. The van der Waals surface area contributed by atoms with Crippen molar-refractivity contribution in [3.05, 3.63) is 93.4 Å². The number of pyridine rings is 1. The van der Waals surface area contributed by atoms with E-state index in [1.54, 1.807) is 24.3 Å². The second-order valence-corrected chi connectivity index (χ2v) is 7.36. The fourth-order valence-electron chi connectivity index (χ4n) is 2.61. The molecule has 6 nitrogen and oxygen atoms in total. The third-order valence-electron chi connectivity index (χ3n) is 3.93. The summed E-state index contributed by atoms with van der Waals surface area (Å²) in [5.74, 6) is -0.537. The molecule has 140 valence electrons. The van der Waals surface area contributed by atoms with Gasteiger partial charge in [0, 0.05) is 11.2 Å². The Bertz CT molecular complexity index is 1190. The van der Waals surface area contributed by atoms with Gasteiger partial charge in [0.05, 0.1) is 10.2 Å². The highest BCUT2D eigenvalue weighted by Crippen LogP contribution is 2.25. The molecule has 2 heterocycles. The molecule has 4 rings (SSSR count). The summed E-state index contributed by atoms with van der Waals surface area (Å²) in [6.07, 6.45) is 1.46. The zero-order chi connectivity index (χ0) is 19.5. The summed E-state index contributed by atoms with van der Waals surface area (Å²) >= 11 is 7.29. The molecule has 0 saturated carbocycles. The molecule has 4 aromatic rings. The van der Waals surface area contributed by atoms with Crippen LogP contribution >= 0.6 is 22.9 Å². The second-order valence-electron chi connectivity index (χ2n) is 5.90. The fourth-order valence-corrected chi connectivity index (χ4v) is 3.68. The van der Waals surface area contributed by atoms with Gasteiger partial charge in [0.15, 0.2) is 5.13 Å². The molecule has 0 aliphatic carbocycles. The standard InChI is InChI=1S/C20H14ClN3O3S/c21-14-6-3-5-13(11-14)12-27-24-10-4-7-15(19(24)26)18(25)23-20-22-16-8-1-2-9-17(16)28-20/h1-11H,12H2,(H,22,23,25). The minimum Gasteiger partial charge on any atom is -0.406 e. The molecule has 1 amide bonds. The zero-order valence-corrected chi connectivity index (χ0v) is 16.0. The Hall–Kier alpha value is -3.16. The van der Waals surface area contributed by atoms with Crippen molar-refractivity contribution in [3.63, 3.8) is 0 Å². The van der Waals surface area contributed by atoms with E-state index in [2.05, 4.69) is 10.3 Å². The summed E-state index contributed by atoms with van der Waals surface area (Å²) in [5, 5.41) is 3.69. The van der Waals surface area contributed by atoms with Gasteiger partial charge in [-0.2, -0.15) is 4.73 Å². The summed E-state index contributed by atoms with van der Waals surface area (Å²) in [6.45, 7) is 0.142. The van der Waals surface area contributed by atoms with Crippen molar-refractivity contribution in [3.8, 4) is 0 Å². The number of nitrogens with one attached hydrogen (secondary N) is 1. The molecule has 0 unspecified atom stereocenters. The highest BCUT2D eigenvalue weighted by atomic mass is 35.5. The Kier molecular flexibility index (Phi) is 5.10. The number of carbonyl (C=O) groups is 1. The van der Waals surface area contributed by atoms with Gasteiger partial charge in [0.25, 0.3) is 11.5 Å². The number of benzene rings is 2. The molecule has 0 aliphatic rings. The topological polar surface area (TPSA) is 73.2 Å². The number of hydrogen-bond donors (Lipinski definition) is 1. The van der Waals surface area contributed by atoms with Gasteiger partial charge in [-0.15, -0.1) is 0 Å². The van der Waals surface area contributed by atoms with E-state index < -0.39 is 11.5 Å². The van der Waals surface area contributed by atoms with Crippen molar-refractivity contribution >= 4 is 44.2 Å². The number of fused-ring (bicyclic) bond motifs is 1. The van der Waals surface area contributed by atoms with Gasteiger partial charge >= 0.3 is 0 Å². The highest BCUT2D eigenvalue weighted by Gasteiger charge is 2.15. The van der Waals surface area contributed by atoms with Crippen LogP contribution in [-0.4, -0.2) is 15.6 Å². The monoisotopic (exact) mass is 411 g/mol. The van der Waals surface area contributed by atoms with Gasteiger partial charge in [0.1, 0.15) is 12.2 Å². The Morgan fingerprint density at radius 3 is 2.82 bits per heavy atom. The van der Waals surface area contributed by atoms with Crippen LogP contribution in [0.2, 0.25) is 5.02 Å². The Morgan fingerprint density at radius 1 is 1.14 bits per heavy atom. The van der Waals surface area contributed by atoms with E-state index in [1.807, 2.05) is 30.3 Å². The van der Waals surface area contributed by atoms with Crippen molar-refractivity contribution < 1.29 is 9.63 Å². The van der Waals surface area contributed by atoms with Crippen molar-refractivity contribution in [2.24, 2.45) is 0 Å². The molecule has 28 heavy (non-hydrogen) atoms. The van der Waals surface area contributed by atoms with Crippen LogP contribution in [0, 0.1) is 0 Å². The smallest absolute Gasteiger partial charge is 0.295 e. The number of amides is 1. The van der Waals surface area contributed by atoms with E-state index in [0.717, 1.165) is 20.5 Å². The summed E-state index contributed by atoms with van der Waals surface area (Å²) < 4.78 is 1.99. The van der Waals surface area contributed by atoms with Gasteiger partial charge in [-0.25, -0.2) is 4.98 Å². The first-order valence-electron chi connectivity index (χ1n) is 8.36. The average molecular weight is 412 g/mol. The molecule has 8 heteroatoms. The molecule has 0 saturated heterocycles. The van der Waals surface area contributed by atoms with E-state index >= 15 is 0 Å². The predicted octanol–water partition coefficient (Wildman–Crippen LogP) is 3.99. The van der Waals surface area contributed by atoms with Crippen LogP contribution in [0.4, 0.5) is 5.13 Å². The summed E-state index contributed by atoms with van der Waals surface area (Å²) in [4.78, 5) is 35.0. The maximum atomic E-state index is 12.6. The third kappa shape index (κ3) is 3.90. The lowest BCUT2D eigenvalue weighted by Gasteiger charge is -2.10. The van der Waals surface area contributed by atoms with Crippen LogP contribution in [0.5, 0.6) is 0 Å². The molecule has 0 fully saturated rings. The fraction of sp³-hybridized carbons (Fsp3) is 0.0500. The molecular weight excluding hydrogens is 398 g/mol. The molecule has 0 aliphatic heterocycles. The molecule has 0 radical (unpaired) electrons. The maximum absolute atomic E-state index is 12.6. The summed E-state index contributed by atoms with van der Waals surface area (Å²) in [7, 11) is 0. The number of nitrogens with zero attached hydrogens (tertiary/aromatic N) is 2. The number of thiazole rings is 1. The minimum absolute atomic E-state index is 0.0344. The van der Waals surface area contributed by atoms with Gasteiger partial charge in [-0.05, 0) is 42.0 Å². The van der Waals surface area contributed by atoms with Crippen molar-refractivity contribution in [2.75, 3.05) is 5.32 Å². The van der Waals surface area contributed by atoms with Crippen molar-refractivity contribution in [1.29, 1.82) is 0 Å². The number of hydrogen-bond acceptors (Lipinski definition) is 5. The quantitative estimate of drug-likeness (QED) is 0.539. The average Bonchev–Trinajstić information content (AvgIpc) is 3.09. The maximum Gasteiger partial charge on any atom is 0.295 e. The normalized spacial score (nSPS) is 10.8. The first kappa shape index (κ1) is 18.2. The number of anilines is 1. The van der Waals surface area contributed by atoms with Crippen LogP contribution in [0.25, 0.3) is 10.2 Å². The molecule has 0 bridgehead atoms. The third-order valence-corrected chi connectivity index (χ3v) is 5.12. The Morgan fingerprint density at radius 2 is 2.00 bits per heavy atom. The van der Waals surface area contributed by atoms with E-state index in [0.29, 0.717) is 10.2 Å². The van der Waals surface area contributed by atoms with Crippen LogP contribution in [0.3, 0.4) is 0 Å². The molecule has 0 spiro atoms. The van der Waals surface area contributed by atoms with Gasteiger partial charge < -0.3 is 4.84 Å². The number of aromatic nitrogens is 2. The lowest BCUT2D eigenvalue weighted by Crippen LogP contribution is -2.32. The first-order chi connectivity index (χ1) is 13.6. The molecule has 1 N–H and O–H groups in total. The molecule has 2 aromatic heterocycles. The summed E-state index contributed by atoms with van der Waals surface area (Å²) in [6, 6.07) is 17.7. The first-order valence-corrected chi connectivity index (χ1v) is 9.56. The van der Waals surface area contributed by atoms with E-state index in [1.165, 1.54) is 23.6 Å². The summed E-state index contributed by atoms with van der Waals surface area (Å²) in [5.41, 5.74) is 1.01. The SMILES string of the molecule is O=C(Nc1nc2ccccc2s1)c1cccn(OCc2cccc(Cl)c2)c1=O. The molecule has 2 aromatic carbocycles. The number of rotatable bonds is 5. The Labute approximate surface area is 168 Å². The van der Waals surface area contributed by atoms with Gasteiger partial charge in [-0.1, -0.05) is 47.2 Å². The number of halogens is 1. The zero-order valence-electron chi connectivity index (χ0n) is 14.5. The molecule has 0 atom stereocenters. The van der Waals surface area contributed by atoms with Crippen molar-refractivity contribution in [2.45, 2.75) is 6.61 Å².